The van der Waals surface area contributed by atoms with Crippen molar-refractivity contribution in [2.75, 3.05) is 0 Å². The van der Waals surface area contributed by atoms with Crippen LogP contribution in [0.1, 0.15) is 27.7 Å². The molecule has 0 atom stereocenters. The highest BCUT2D eigenvalue weighted by molar-refractivity contribution is 6.64. The molecule has 0 aromatic rings. The molecular formula is C7H13Cl2N. The van der Waals surface area contributed by atoms with Gasteiger partial charge in [-0.3, -0.25) is 0 Å². The molecule has 60 valence electrons. The Morgan fingerprint density at radius 2 is 1.60 bits per heavy atom. The van der Waals surface area contributed by atoms with Gasteiger partial charge in [0.25, 0.3) is 0 Å². The summed E-state index contributed by atoms with van der Waals surface area (Å²) in [5, 5.41) is 1.12. The zero-order valence-electron chi connectivity index (χ0n) is 6.78. The van der Waals surface area contributed by atoms with Gasteiger partial charge >= 0.3 is 0 Å². The molecule has 0 saturated carbocycles. The van der Waals surface area contributed by atoms with Gasteiger partial charge in [0.1, 0.15) is 5.17 Å². The number of halogens is 2. The highest BCUT2D eigenvalue weighted by atomic mass is 35.5. The molecule has 0 aromatic carbocycles. The van der Waals surface area contributed by atoms with Crippen LogP contribution in [0.2, 0.25) is 0 Å². The molecule has 0 saturated heterocycles. The highest BCUT2D eigenvalue weighted by Gasteiger charge is 1.76. The zero-order chi connectivity index (χ0) is 8.57. The number of hydrogen-bond acceptors (Lipinski definition) is 1. The smallest absolute Gasteiger partial charge is 0.103 e. The minimum absolute atomic E-state index is 0.491. The monoisotopic (exact) mass is 181 g/mol. The molecule has 3 heteroatoms. The molecule has 0 aliphatic carbocycles. The Hall–Kier alpha value is -0.0100. The van der Waals surface area contributed by atoms with Gasteiger partial charge in [0, 0.05) is 11.2 Å². The van der Waals surface area contributed by atoms with Gasteiger partial charge in [-0.15, -0.1) is 0 Å². The average Bonchev–Trinajstić information content (AvgIpc) is 1.89. The normalized spacial score (nSPS) is 12.2. The van der Waals surface area contributed by atoms with Crippen molar-refractivity contribution in [2.24, 2.45) is 4.99 Å². The summed E-state index contributed by atoms with van der Waals surface area (Å²) in [6, 6.07) is 0. The van der Waals surface area contributed by atoms with Gasteiger partial charge in [0.15, 0.2) is 0 Å². The van der Waals surface area contributed by atoms with Crippen molar-refractivity contribution in [2.45, 2.75) is 27.7 Å². The van der Waals surface area contributed by atoms with Crippen LogP contribution in [0.25, 0.3) is 0 Å². The number of allylic oxidation sites excluding steroid dienone is 1. The summed E-state index contributed by atoms with van der Waals surface area (Å²) in [6.07, 6.45) is 1.50. The largest absolute Gasteiger partial charge is 0.248 e. The molecule has 0 amide bonds. The van der Waals surface area contributed by atoms with Gasteiger partial charge < -0.3 is 0 Å². The SMILES string of the molecule is CC.CC(Cl)=N/C=C(\C)Cl. The summed E-state index contributed by atoms with van der Waals surface area (Å²) in [4.78, 5) is 3.71. The van der Waals surface area contributed by atoms with Crippen LogP contribution in [0, 0.1) is 0 Å². The van der Waals surface area contributed by atoms with E-state index in [1.165, 1.54) is 6.20 Å². The molecule has 10 heavy (non-hydrogen) atoms. The van der Waals surface area contributed by atoms with E-state index in [2.05, 4.69) is 4.99 Å². The molecule has 0 unspecified atom stereocenters. The lowest BCUT2D eigenvalue weighted by Crippen LogP contribution is -1.69. The molecule has 0 radical (unpaired) electrons. The lowest BCUT2D eigenvalue weighted by Gasteiger charge is -1.80. The minimum Gasteiger partial charge on any atom is -0.248 e. The van der Waals surface area contributed by atoms with Crippen LogP contribution in [0.3, 0.4) is 0 Å². The van der Waals surface area contributed by atoms with Crippen LogP contribution in [-0.4, -0.2) is 5.17 Å². The third kappa shape index (κ3) is 15.7. The molecule has 0 fully saturated rings. The summed E-state index contributed by atoms with van der Waals surface area (Å²) in [5.41, 5.74) is 0. The second-order valence-electron chi connectivity index (χ2n) is 1.34. The van der Waals surface area contributed by atoms with E-state index in [1.807, 2.05) is 13.8 Å². The lowest BCUT2D eigenvalue weighted by molar-refractivity contribution is 1.49. The Labute approximate surface area is 72.7 Å². The van der Waals surface area contributed by atoms with Gasteiger partial charge in [-0.25, -0.2) is 4.99 Å². The molecular weight excluding hydrogens is 169 g/mol. The van der Waals surface area contributed by atoms with E-state index in [4.69, 9.17) is 23.2 Å². The summed E-state index contributed by atoms with van der Waals surface area (Å²) < 4.78 is 0. The average molecular weight is 182 g/mol. The van der Waals surface area contributed by atoms with E-state index in [9.17, 15) is 0 Å². The summed E-state index contributed by atoms with van der Waals surface area (Å²) in [6.45, 7) is 7.43. The van der Waals surface area contributed by atoms with Crippen LogP contribution in [-0.2, 0) is 0 Å². The maximum Gasteiger partial charge on any atom is 0.103 e. The highest BCUT2D eigenvalue weighted by Crippen LogP contribution is 1.98. The number of nitrogens with zero attached hydrogens (tertiary/aromatic N) is 1. The molecule has 0 heterocycles. The topological polar surface area (TPSA) is 12.4 Å². The summed E-state index contributed by atoms with van der Waals surface area (Å²) in [7, 11) is 0. The molecule has 0 rings (SSSR count). The van der Waals surface area contributed by atoms with Crippen molar-refractivity contribution in [3.63, 3.8) is 0 Å². The van der Waals surface area contributed by atoms with Crippen LogP contribution >= 0.6 is 23.2 Å². The first-order valence-electron chi connectivity index (χ1n) is 3.15. The Morgan fingerprint density at radius 1 is 1.20 bits per heavy atom. The molecule has 0 spiro atoms. The molecule has 0 bridgehead atoms. The van der Waals surface area contributed by atoms with Gasteiger partial charge in [-0.1, -0.05) is 37.0 Å². The first-order chi connectivity index (χ1) is 4.63. The standard InChI is InChI=1S/C5H7Cl2N.C2H6/c1-4(6)3-8-5(2)7;1-2/h3H,1-2H3;1-2H3/b4-3+,8-5?;. The van der Waals surface area contributed by atoms with Crippen molar-refractivity contribution in [3.8, 4) is 0 Å². The fourth-order valence-corrected chi connectivity index (χ4v) is 0.275. The van der Waals surface area contributed by atoms with E-state index in [-0.39, 0.29) is 0 Å². The van der Waals surface area contributed by atoms with Crippen molar-refractivity contribution in [3.05, 3.63) is 11.2 Å². The minimum atomic E-state index is 0.491. The predicted octanol–water partition coefficient (Wildman–Crippen LogP) is 3.77. The van der Waals surface area contributed by atoms with Crippen molar-refractivity contribution in [1.29, 1.82) is 0 Å². The quantitative estimate of drug-likeness (QED) is 0.547. The third-order valence-corrected chi connectivity index (χ3v) is 0.616. The Kier molecular flexibility index (Phi) is 11.4. The molecule has 0 aliphatic rings. The van der Waals surface area contributed by atoms with Gasteiger partial charge in [0.2, 0.25) is 0 Å². The summed E-state index contributed by atoms with van der Waals surface area (Å²) >= 11 is 10.8. The van der Waals surface area contributed by atoms with Gasteiger partial charge in [0.05, 0.1) is 0 Å². The molecule has 0 aliphatic heterocycles. The van der Waals surface area contributed by atoms with Crippen molar-refractivity contribution in [1.82, 2.24) is 0 Å². The summed E-state index contributed by atoms with van der Waals surface area (Å²) in [5.74, 6) is 0. The van der Waals surface area contributed by atoms with Crippen LogP contribution in [0.15, 0.2) is 16.2 Å². The van der Waals surface area contributed by atoms with E-state index >= 15 is 0 Å². The van der Waals surface area contributed by atoms with E-state index in [0.29, 0.717) is 10.2 Å². The van der Waals surface area contributed by atoms with Crippen LogP contribution in [0.4, 0.5) is 0 Å². The first-order valence-corrected chi connectivity index (χ1v) is 3.90. The van der Waals surface area contributed by atoms with E-state index < -0.39 is 0 Å². The predicted molar refractivity (Wildman–Crippen MR) is 49.9 cm³/mol. The van der Waals surface area contributed by atoms with Crippen molar-refractivity contribution >= 4 is 28.4 Å². The van der Waals surface area contributed by atoms with E-state index in [1.54, 1.807) is 13.8 Å². The molecule has 0 N–H and O–H groups in total. The Bertz CT molecular complexity index is 104. The third-order valence-electron chi connectivity index (χ3n) is 0.420. The Balaban J connectivity index is 0. The fraction of sp³-hybridized carbons (Fsp3) is 0.571. The lowest BCUT2D eigenvalue weighted by atomic mass is 10.7. The molecule has 0 aromatic heterocycles. The fourth-order valence-electron chi connectivity index (χ4n) is 0.178. The Morgan fingerprint density at radius 3 is 1.70 bits per heavy atom. The number of hydrogen-bond donors (Lipinski definition) is 0. The molecule has 1 nitrogen and oxygen atoms in total. The van der Waals surface area contributed by atoms with Crippen LogP contribution in [0.5, 0.6) is 0 Å². The van der Waals surface area contributed by atoms with E-state index in [0.717, 1.165) is 0 Å². The maximum absolute atomic E-state index is 5.42. The first kappa shape index (κ1) is 12.6. The van der Waals surface area contributed by atoms with Crippen molar-refractivity contribution < 1.29 is 0 Å². The second-order valence-corrected chi connectivity index (χ2v) is 2.49. The second kappa shape index (κ2) is 8.99. The maximum atomic E-state index is 5.42. The van der Waals surface area contributed by atoms with Crippen LogP contribution < -0.4 is 0 Å². The zero-order valence-corrected chi connectivity index (χ0v) is 8.29. The van der Waals surface area contributed by atoms with Gasteiger partial charge in [-0.05, 0) is 13.8 Å². The number of rotatable bonds is 1. The number of aliphatic imine (C=N–C) groups is 1. The van der Waals surface area contributed by atoms with Gasteiger partial charge in [-0.2, -0.15) is 0 Å².